The van der Waals surface area contributed by atoms with E-state index in [0.29, 0.717) is 12.8 Å². The van der Waals surface area contributed by atoms with Gasteiger partial charge in [-0.25, -0.2) is 9.59 Å². The van der Waals surface area contributed by atoms with Crippen LogP contribution in [0.1, 0.15) is 65.4 Å². The molecular formula is C31H40O6. The van der Waals surface area contributed by atoms with Crippen LogP contribution in [0, 0.1) is 34.0 Å². The smallest absolute Gasteiger partial charge is 0.344 e. The molecule has 2 unspecified atom stereocenters. The lowest BCUT2D eigenvalue weighted by Crippen LogP contribution is -2.63. The molecule has 0 aliphatic heterocycles. The molecule has 0 saturated heterocycles. The van der Waals surface area contributed by atoms with Gasteiger partial charge in [0, 0.05) is 29.2 Å². The molecule has 4 rings (SSSR count). The van der Waals surface area contributed by atoms with Crippen LogP contribution in [-0.4, -0.2) is 41.6 Å². The van der Waals surface area contributed by atoms with Crippen LogP contribution in [0.2, 0.25) is 0 Å². The number of hydrogen-bond acceptors (Lipinski definition) is 6. The predicted octanol–water partition coefficient (Wildman–Crippen LogP) is 5.15. The Kier molecular flexibility index (Phi) is 7.53. The van der Waals surface area contributed by atoms with Crippen molar-refractivity contribution in [3.05, 3.63) is 54.6 Å². The van der Waals surface area contributed by atoms with Crippen LogP contribution >= 0.6 is 0 Å². The van der Waals surface area contributed by atoms with Crippen molar-refractivity contribution in [1.82, 2.24) is 0 Å². The van der Waals surface area contributed by atoms with E-state index in [1.54, 1.807) is 12.2 Å². The van der Waals surface area contributed by atoms with Crippen LogP contribution in [0.25, 0.3) is 6.08 Å². The first-order valence-corrected chi connectivity index (χ1v) is 13.4. The molecule has 1 aromatic carbocycles. The van der Waals surface area contributed by atoms with Gasteiger partial charge in [0.2, 0.25) is 0 Å². The molecule has 0 aromatic heterocycles. The fourth-order valence-electron chi connectivity index (χ4n) is 7.60. The maximum atomic E-state index is 13.4. The number of Topliss-reactive ketones (excluding diaryl/α,β-unsaturated/α-hetero) is 1. The number of benzene rings is 1. The Morgan fingerprint density at radius 3 is 2.54 bits per heavy atom. The van der Waals surface area contributed by atoms with Crippen molar-refractivity contribution in [2.75, 3.05) is 6.61 Å². The molecule has 0 amide bonds. The summed E-state index contributed by atoms with van der Waals surface area (Å²) in [4.78, 5) is 38.7. The molecule has 0 heterocycles. The fourth-order valence-corrected chi connectivity index (χ4v) is 7.60. The fraction of sp³-hybridized carbons (Fsp3) is 0.581. The number of carbonyl (C=O) groups excluding carboxylic acids is 3. The highest BCUT2D eigenvalue weighted by atomic mass is 16.6. The van der Waals surface area contributed by atoms with Gasteiger partial charge in [0.05, 0.1) is 6.10 Å². The van der Waals surface area contributed by atoms with Crippen LogP contribution in [0.15, 0.2) is 49.1 Å². The Hall–Kier alpha value is -2.73. The molecule has 6 nitrogen and oxygen atoms in total. The SMILES string of the molecule is C=CC1(C)C[C@@H](OC(=O)COC(=O)C=Cc2ccccc2)[C@@]2(C)[C@@H]3C(=O)CCC3(CC[C@@H]2C)[C@@H](C)[C@@H]1O. The molecule has 3 saturated carbocycles. The summed E-state index contributed by atoms with van der Waals surface area (Å²) in [6.45, 7) is 11.7. The van der Waals surface area contributed by atoms with Gasteiger partial charge in [-0.05, 0) is 54.6 Å². The zero-order valence-corrected chi connectivity index (χ0v) is 22.4. The number of ether oxygens (including phenoxy) is 2. The molecule has 1 N–H and O–H groups in total. The zero-order valence-electron chi connectivity index (χ0n) is 22.4. The van der Waals surface area contributed by atoms with Gasteiger partial charge in [0.25, 0.3) is 0 Å². The van der Waals surface area contributed by atoms with Crippen LogP contribution in [0.4, 0.5) is 0 Å². The van der Waals surface area contributed by atoms with Gasteiger partial charge in [-0.15, -0.1) is 6.58 Å². The van der Waals surface area contributed by atoms with Gasteiger partial charge < -0.3 is 14.6 Å². The van der Waals surface area contributed by atoms with Gasteiger partial charge in [-0.3, -0.25) is 4.79 Å². The third kappa shape index (κ3) is 4.69. The van der Waals surface area contributed by atoms with Crippen molar-refractivity contribution in [2.24, 2.45) is 34.0 Å². The van der Waals surface area contributed by atoms with E-state index in [4.69, 9.17) is 9.47 Å². The molecule has 0 spiro atoms. The lowest BCUT2D eigenvalue weighted by molar-refractivity contribution is -0.208. The molecule has 8 atom stereocenters. The highest BCUT2D eigenvalue weighted by Gasteiger charge is 2.68. The maximum absolute atomic E-state index is 13.4. The highest BCUT2D eigenvalue weighted by molar-refractivity contribution is 5.88. The molecule has 3 fully saturated rings. The lowest BCUT2D eigenvalue weighted by atomic mass is 9.44. The second-order valence-electron chi connectivity index (χ2n) is 11.9. The number of rotatable bonds is 6. The molecular weight excluding hydrogens is 468 g/mol. The average molecular weight is 509 g/mol. The van der Waals surface area contributed by atoms with Crippen molar-refractivity contribution in [3.8, 4) is 0 Å². The third-order valence-electron chi connectivity index (χ3n) is 10.1. The van der Waals surface area contributed by atoms with Gasteiger partial charge >= 0.3 is 11.9 Å². The van der Waals surface area contributed by atoms with Crippen LogP contribution in [0.3, 0.4) is 0 Å². The minimum atomic E-state index is -0.724. The number of carbonyl (C=O) groups is 3. The molecule has 6 heteroatoms. The summed E-state index contributed by atoms with van der Waals surface area (Å²) in [7, 11) is 0. The summed E-state index contributed by atoms with van der Waals surface area (Å²) >= 11 is 0. The van der Waals surface area contributed by atoms with E-state index in [1.165, 1.54) is 6.08 Å². The summed E-state index contributed by atoms with van der Waals surface area (Å²) in [5.74, 6) is -1.34. The number of ketones is 1. The number of aliphatic hydroxyl groups excluding tert-OH is 1. The normalized spacial score (nSPS) is 39.4. The van der Waals surface area contributed by atoms with E-state index in [1.807, 2.05) is 37.3 Å². The molecule has 3 aliphatic carbocycles. The Balaban J connectivity index is 1.57. The van der Waals surface area contributed by atoms with E-state index < -0.39 is 41.6 Å². The van der Waals surface area contributed by atoms with Crippen molar-refractivity contribution < 1.29 is 29.0 Å². The Morgan fingerprint density at radius 1 is 1.16 bits per heavy atom. The Labute approximate surface area is 220 Å². The standard InChI is InChI=1S/C31H40O6/c1-6-29(4)18-24(37-26(34)19-36-25(33)13-12-22-10-8-7-9-11-22)30(5)20(2)14-16-31(21(3)28(29)35)17-15-23(32)27(30)31/h6-13,20-21,24,27-28,35H,1,14-19H2,2-5H3/t20-,21-,24+,27-,28-,29?,30-,31?/m0/s1. The van der Waals surface area contributed by atoms with Crippen molar-refractivity contribution in [1.29, 1.82) is 0 Å². The maximum Gasteiger partial charge on any atom is 0.344 e. The van der Waals surface area contributed by atoms with Gasteiger partial charge in [0.15, 0.2) is 6.61 Å². The molecule has 3 aliphatic rings. The second-order valence-corrected chi connectivity index (χ2v) is 11.9. The van der Waals surface area contributed by atoms with Gasteiger partial charge in [-0.2, -0.15) is 0 Å². The van der Waals surface area contributed by atoms with E-state index in [2.05, 4.69) is 27.4 Å². The Morgan fingerprint density at radius 2 is 1.86 bits per heavy atom. The minimum Gasteiger partial charge on any atom is -0.459 e. The topological polar surface area (TPSA) is 89.9 Å². The molecule has 37 heavy (non-hydrogen) atoms. The van der Waals surface area contributed by atoms with Crippen LogP contribution in [0.5, 0.6) is 0 Å². The van der Waals surface area contributed by atoms with Crippen LogP contribution < -0.4 is 0 Å². The average Bonchev–Trinajstić information content (AvgIpc) is 3.25. The number of hydrogen-bond donors (Lipinski definition) is 1. The summed E-state index contributed by atoms with van der Waals surface area (Å²) in [6, 6.07) is 9.32. The quantitative estimate of drug-likeness (QED) is 0.325. The monoisotopic (exact) mass is 508 g/mol. The van der Waals surface area contributed by atoms with Crippen molar-refractivity contribution in [3.63, 3.8) is 0 Å². The number of esters is 2. The Bertz CT molecular complexity index is 1080. The third-order valence-corrected chi connectivity index (χ3v) is 10.1. The molecule has 2 bridgehead atoms. The molecule has 0 radical (unpaired) electrons. The van der Waals surface area contributed by atoms with Crippen molar-refractivity contribution in [2.45, 2.75) is 72.0 Å². The zero-order chi connectivity index (χ0) is 27.0. The van der Waals surface area contributed by atoms with Gasteiger partial charge in [0.1, 0.15) is 11.9 Å². The second kappa shape index (κ2) is 10.2. The predicted molar refractivity (Wildman–Crippen MR) is 141 cm³/mol. The van der Waals surface area contributed by atoms with E-state index in [-0.39, 0.29) is 29.0 Å². The summed E-state index contributed by atoms with van der Waals surface area (Å²) < 4.78 is 11.3. The summed E-state index contributed by atoms with van der Waals surface area (Å²) in [5.41, 5.74) is -0.794. The van der Waals surface area contributed by atoms with Crippen LogP contribution in [-0.2, 0) is 23.9 Å². The number of aliphatic hydroxyl groups is 1. The van der Waals surface area contributed by atoms with E-state index >= 15 is 0 Å². The van der Waals surface area contributed by atoms with E-state index in [9.17, 15) is 19.5 Å². The molecule has 1 aromatic rings. The minimum absolute atomic E-state index is 0.0900. The van der Waals surface area contributed by atoms with E-state index in [0.717, 1.165) is 24.8 Å². The first-order valence-electron chi connectivity index (χ1n) is 13.4. The molecule has 200 valence electrons. The summed E-state index contributed by atoms with van der Waals surface area (Å²) in [6.07, 6.45) is 6.66. The largest absolute Gasteiger partial charge is 0.459 e. The first-order chi connectivity index (χ1) is 17.5. The van der Waals surface area contributed by atoms with Gasteiger partial charge in [-0.1, -0.05) is 64.1 Å². The van der Waals surface area contributed by atoms with Crippen molar-refractivity contribution >= 4 is 23.8 Å². The highest BCUT2D eigenvalue weighted by Crippen LogP contribution is 2.67. The lowest BCUT2D eigenvalue weighted by Gasteiger charge is -2.61. The first kappa shape index (κ1) is 27.3. The summed E-state index contributed by atoms with van der Waals surface area (Å²) in [5, 5.41) is 11.6.